The summed E-state index contributed by atoms with van der Waals surface area (Å²) in [6.07, 6.45) is 1.16. The molecule has 4 heterocycles. The van der Waals surface area contributed by atoms with Crippen LogP contribution in [0.4, 0.5) is 4.39 Å². The summed E-state index contributed by atoms with van der Waals surface area (Å²) in [4.78, 5) is 53.6. The highest BCUT2D eigenvalue weighted by Gasteiger charge is 2.21. The number of nitrogens with zero attached hydrogens (tertiary/aromatic N) is 3. The lowest BCUT2D eigenvalue weighted by Crippen LogP contribution is -2.28. The van der Waals surface area contributed by atoms with Crippen molar-refractivity contribution >= 4 is 40.6 Å². The van der Waals surface area contributed by atoms with Gasteiger partial charge in [0.2, 0.25) is 0 Å². The first-order valence-electron chi connectivity index (χ1n) is 11.3. The van der Waals surface area contributed by atoms with Gasteiger partial charge in [-0.15, -0.1) is 11.3 Å². The average molecular weight is 538 g/mol. The third kappa shape index (κ3) is 5.09. The molecule has 0 fully saturated rings. The zero-order valence-corrected chi connectivity index (χ0v) is 20.8. The molecule has 1 aliphatic heterocycles. The van der Waals surface area contributed by atoms with Gasteiger partial charge in [0.05, 0.1) is 13.3 Å². The molecule has 2 N–H and O–H groups in total. The molecule has 13 heteroatoms. The molecule has 0 bridgehead atoms. The van der Waals surface area contributed by atoms with Crippen LogP contribution in [0, 0.1) is 5.82 Å². The second-order valence-electron chi connectivity index (χ2n) is 8.38. The Morgan fingerprint density at radius 2 is 1.92 bits per heavy atom. The minimum absolute atomic E-state index is 0.0345. The van der Waals surface area contributed by atoms with Gasteiger partial charge in [0.15, 0.2) is 17.2 Å². The number of halogens is 1. The Kier molecular flexibility index (Phi) is 6.83. The molecule has 194 valence electrons. The smallest absolute Gasteiger partial charge is 0.348 e. The van der Waals surface area contributed by atoms with E-state index in [1.165, 1.54) is 24.5 Å². The minimum Gasteiger partial charge on any atom is -0.486 e. The third-order valence-electron chi connectivity index (χ3n) is 5.74. The number of hydrogen-bond donors (Lipinski definition) is 2. The average Bonchev–Trinajstić information content (AvgIpc) is 3.56. The Labute approximate surface area is 218 Å². The Hall–Kier alpha value is -4.65. The van der Waals surface area contributed by atoms with Crippen molar-refractivity contribution in [3.63, 3.8) is 0 Å². The van der Waals surface area contributed by atoms with Crippen molar-refractivity contribution in [3.05, 3.63) is 80.7 Å². The number of ether oxygens (including phenoxy) is 2. The number of carbonyl (C=O) groups excluding carboxylic acids is 4. The summed E-state index contributed by atoms with van der Waals surface area (Å²) in [6, 6.07) is 8.08. The first-order valence-corrected chi connectivity index (χ1v) is 12.2. The van der Waals surface area contributed by atoms with E-state index in [4.69, 9.17) is 4.74 Å². The summed E-state index contributed by atoms with van der Waals surface area (Å²) in [5.41, 5.74) is 1.56. The first kappa shape index (κ1) is 25.0. The fourth-order valence-corrected chi connectivity index (χ4v) is 4.71. The van der Waals surface area contributed by atoms with E-state index in [-0.39, 0.29) is 48.9 Å². The van der Waals surface area contributed by atoms with Gasteiger partial charge in [-0.05, 0) is 34.7 Å². The van der Waals surface area contributed by atoms with Gasteiger partial charge >= 0.3 is 5.97 Å². The van der Waals surface area contributed by atoms with Crippen LogP contribution in [-0.2, 0) is 29.0 Å². The van der Waals surface area contributed by atoms with E-state index in [1.807, 2.05) is 0 Å². The van der Waals surface area contributed by atoms with Crippen molar-refractivity contribution in [1.82, 2.24) is 25.2 Å². The quantitative estimate of drug-likeness (QED) is 0.342. The topological polar surface area (TPSA) is 141 Å². The SMILES string of the molecule is COC(=O)c1cc(CNC(=O)c2cc(C(=O)NCc3ccc4c(c3)CC(=O)CO4)nc3c(F)cnn23)cs1. The molecule has 38 heavy (non-hydrogen) atoms. The number of nitrogens with one attached hydrogen (secondary N) is 2. The second-order valence-corrected chi connectivity index (χ2v) is 9.29. The summed E-state index contributed by atoms with van der Waals surface area (Å²) in [6.45, 7) is 0.225. The molecule has 0 saturated heterocycles. The van der Waals surface area contributed by atoms with Gasteiger partial charge in [-0.3, -0.25) is 14.4 Å². The van der Waals surface area contributed by atoms with Gasteiger partial charge in [0.25, 0.3) is 11.8 Å². The van der Waals surface area contributed by atoms with E-state index in [2.05, 4.69) is 25.5 Å². The molecular weight excluding hydrogens is 517 g/mol. The number of benzene rings is 1. The van der Waals surface area contributed by atoms with Crippen LogP contribution in [0.2, 0.25) is 0 Å². The van der Waals surface area contributed by atoms with Crippen LogP contribution in [0.5, 0.6) is 5.75 Å². The number of esters is 1. The number of aromatic nitrogens is 3. The number of Topliss-reactive ketones (excluding diaryl/α,β-unsaturated/α-hetero) is 1. The van der Waals surface area contributed by atoms with Crippen LogP contribution < -0.4 is 15.4 Å². The van der Waals surface area contributed by atoms with E-state index in [0.29, 0.717) is 16.2 Å². The van der Waals surface area contributed by atoms with Crippen LogP contribution in [0.25, 0.3) is 5.65 Å². The van der Waals surface area contributed by atoms with Crippen molar-refractivity contribution in [2.24, 2.45) is 0 Å². The maximum Gasteiger partial charge on any atom is 0.348 e. The largest absolute Gasteiger partial charge is 0.486 e. The zero-order chi connectivity index (χ0) is 26.8. The number of fused-ring (bicyclic) bond motifs is 2. The molecule has 0 atom stereocenters. The predicted octanol–water partition coefficient (Wildman–Crippen LogP) is 2.08. The molecule has 3 aromatic heterocycles. The molecule has 0 unspecified atom stereocenters. The van der Waals surface area contributed by atoms with Crippen LogP contribution in [0.3, 0.4) is 0 Å². The summed E-state index contributed by atoms with van der Waals surface area (Å²) < 4.78 is 25.4. The second kappa shape index (κ2) is 10.4. The third-order valence-corrected chi connectivity index (χ3v) is 6.70. The highest BCUT2D eigenvalue weighted by Crippen LogP contribution is 2.24. The normalized spacial score (nSPS) is 12.5. The summed E-state index contributed by atoms with van der Waals surface area (Å²) in [7, 11) is 1.28. The monoisotopic (exact) mass is 537 g/mol. The van der Waals surface area contributed by atoms with Crippen molar-refractivity contribution in [2.45, 2.75) is 19.5 Å². The van der Waals surface area contributed by atoms with E-state index in [1.54, 1.807) is 29.6 Å². The van der Waals surface area contributed by atoms with Crippen molar-refractivity contribution < 1.29 is 33.0 Å². The molecule has 4 aromatic rings. The molecule has 0 aliphatic carbocycles. The van der Waals surface area contributed by atoms with E-state index in [9.17, 15) is 23.6 Å². The van der Waals surface area contributed by atoms with Crippen LogP contribution in [0.1, 0.15) is 47.3 Å². The Bertz CT molecular complexity index is 1600. The summed E-state index contributed by atoms with van der Waals surface area (Å²) >= 11 is 1.17. The van der Waals surface area contributed by atoms with Gasteiger partial charge in [0, 0.05) is 31.1 Å². The molecular formula is C25H20FN5O6S. The number of methoxy groups -OCH3 is 1. The molecule has 1 aromatic carbocycles. The van der Waals surface area contributed by atoms with E-state index < -0.39 is 23.6 Å². The fraction of sp³-hybridized carbons (Fsp3) is 0.200. The van der Waals surface area contributed by atoms with Gasteiger partial charge in [-0.2, -0.15) is 5.10 Å². The zero-order valence-electron chi connectivity index (χ0n) is 19.9. The van der Waals surface area contributed by atoms with Crippen LogP contribution >= 0.6 is 11.3 Å². The molecule has 2 amide bonds. The Morgan fingerprint density at radius 1 is 1.13 bits per heavy atom. The van der Waals surface area contributed by atoms with Crippen molar-refractivity contribution in [3.8, 4) is 5.75 Å². The molecule has 5 rings (SSSR count). The highest BCUT2D eigenvalue weighted by molar-refractivity contribution is 7.12. The lowest BCUT2D eigenvalue weighted by atomic mass is 10.0. The van der Waals surface area contributed by atoms with Crippen LogP contribution in [0.15, 0.2) is 41.9 Å². The Balaban J connectivity index is 1.32. The van der Waals surface area contributed by atoms with Gasteiger partial charge in [0.1, 0.15) is 28.6 Å². The molecule has 1 aliphatic rings. The lowest BCUT2D eigenvalue weighted by molar-refractivity contribution is -0.121. The number of thiophene rings is 1. The number of amides is 2. The van der Waals surface area contributed by atoms with Gasteiger partial charge in [-0.1, -0.05) is 6.07 Å². The predicted molar refractivity (Wildman–Crippen MR) is 132 cm³/mol. The fourth-order valence-electron chi connectivity index (χ4n) is 3.88. The molecule has 0 saturated carbocycles. The number of rotatable bonds is 7. The Morgan fingerprint density at radius 3 is 2.74 bits per heavy atom. The minimum atomic E-state index is -0.798. The van der Waals surface area contributed by atoms with Crippen LogP contribution in [-0.4, -0.2) is 51.9 Å². The summed E-state index contributed by atoms with van der Waals surface area (Å²) in [5, 5.41) is 10.9. The maximum atomic E-state index is 14.3. The van der Waals surface area contributed by atoms with Gasteiger partial charge in [-0.25, -0.2) is 18.7 Å². The number of ketones is 1. The molecule has 0 spiro atoms. The lowest BCUT2D eigenvalue weighted by Gasteiger charge is -2.17. The number of hydrogen-bond acceptors (Lipinski definition) is 9. The summed E-state index contributed by atoms with van der Waals surface area (Å²) in [5.74, 6) is -1.94. The van der Waals surface area contributed by atoms with Gasteiger partial charge < -0.3 is 20.1 Å². The highest BCUT2D eigenvalue weighted by atomic mass is 32.1. The first-order chi connectivity index (χ1) is 18.3. The maximum absolute atomic E-state index is 14.3. The van der Waals surface area contributed by atoms with E-state index >= 15 is 0 Å². The van der Waals surface area contributed by atoms with Crippen molar-refractivity contribution in [2.75, 3.05) is 13.7 Å². The standard InChI is InChI=1S/C25H20FN5O6S/c1-36-25(35)21-5-14(12-38-21)9-28-24(34)19-7-18(30-22-17(26)10-29-31(19)22)23(33)27-8-13-2-3-20-15(4-13)6-16(32)11-37-20/h2-5,7,10,12H,6,8-9,11H2,1H3,(H,27,33)(H,28,34). The van der Waals surface area contributed by atoms with Crippen molar-refractivity contribution in [1.29, 1.82) is 0 Å². The number of carbonyl (C=O) groups is 4. The molecule has 0 radical (unpaired) electrons. The molecule has 11 nitrogen and oxygen atoms in total. The van der Waals surface area contributed by atoms with E-state index in [0.717, 1.165) is 21.8 Å².